The lowest BCUT2D eigenvalue weighted by Gasteiger charge is -2.49. The van der Waals surface area contributed by atoms with E-state index in [0.29, 0.717) is 6.42 Å². The summed E-state index contributed by atoms with van der Waals surface area (Å²) in [5.74, 6) is -0.359. The van der Waals surface area contributed by atoms with E-state index in [9.17, 15) is 13.8 Å². The van der Waals surface area contributed by atoms with E-state index < -0.39 is 16.8 Å². The zero-order valence-electron chi connectivity index (χ0n) is 14.8. The van der Waals surface area contributed by atoms with E-state index in [4.69, 9.17) is 4.74 Å². The van der Waals surface area contributed by atoms with E-state index in [-0.39, 0.29) is 29.1 Å². The zero-order chi connectivity index (χ0) is 18.1. The lowest BCUT2D eigenvalue weighted by atomic mass is 9.57. The van der Waals surface area contributed by atoms with E-state index >= 15 is 0 Å². The van der Waals surface area contributed by atoms with Crippen molar-refractivity contribution in [3.05, 3.63) is 35.3 Å². The zero-order valence-corrected chi connectivity index (χ0v) is 15.7. The molecule has 4 nitrogen and oxygen atoms in total. The van der Waals surface area contributed by atoms with Crippen molar-refractivity contribution in [1.82, 2.24) is 0 Å². The summed E-state index contributed by atoms with van der Waals surface area (Å²) in [5, 5.41) is 1.33. The Hall–Kier alpha value is -1.49. The van der Waals surface area contributed by atoms with Gasteiger partial charge >= 0.3 is 5.97 Å². The summed E-state index contributed by atoms with van der Waals surface area (Å²) in [7, 11) is -1.17. The fourth-order valence-corrected chi connectivity index (χ4v) is 4.11. The molecule has 1 saturated carbocycles. The Bertz CT molecular complexity index is 646. The third-order valence-electron chi connectivity index (χ3n) is 5.54. The van der Waals surface area contributed by atoms with Crippen molar-refractivity contribution in [3.63, 3.8) is 0 Å². The fourth-order valence-electron chi connectivity index (χ4n) is 3.80. The van der Waals surface area contributed by atoms with Crippen LogP contribution >= 0.6 is 0 Å². The molecule has 132 valence electrons. The van der Waals surface area contributed by atoms with Gasteiger partial charge in [0.15, 0.2) is 5.78 Å². The molecular weight excluding hydrogens is 324 g/mol. The maximum absolute atomic E-state index is 12.3. The van der Waals surface area contributed by atoms with Crippen molar-refractivity contribution in [2.75, 3.05) is 6.26 Å². The van der Waals surface area contributed by atoms with Crippen molar-refractivity contribution < 1.29 is 18.5 Å². The van der Waals surface area contributed by atoms with E-state index in [2.05, 4.69) is 20.4 Å². The highest BCUT2D eigenvalue weighted by molar-refractivity contribution is 7.87. The standard InChI is InChI=1S/C19H26O4S/c1-12(2)15-11-19(4)13(3)17(7-6-14(19)10-16(15)20)23-18(21)8-9-24(5)22/h8-10,13,15,17H,1,6-7,11H2,2-5H3/b9-8-/t13-,15-,17+,19+,24+/m0/s1. The molecule has 0 amide bonds. The van der Waals surface area contributed by atoms with Crippen LogP contribution in [0.1, 0.15) is 40.0 Å². The Morgan fingerprint density at radius 1 is 1.50 bits per heavy atom. The van der Waals surface area contributed by atoms with Gasteiger partial charge in [-0.25, -0.2) is 4.79 Å². The number of rotatable bonds is 4. The third kappa shape index (κ3) is 3.77. The van der Waals surface area contributed by atoms with Gasteiger partial charge in [0, 0.05) is 40.4 Å². The molecule has 0 saturated heterocycles. The Labute approximate surface area is 146 Å². The van der Waals surface area contributed by atoms with E-state index in [1.807, 2.05) is 6.92 Å². The lowest BCUT2D eigenvalue weighted by molar-refractivity contribution is -0.150. The van der Waals surface area contributed by atoms with E-state index in [1.54, 1.807) is 6.08 Å². The Balaban J connectivity index is 2.18. The van der Waals surface area contributed by atoms with E-state index in [1.165, 1.54) is 17.7 Å². The van der Waals surface area contributed by atoms with Gasteiger partial charge in [-0.15, -0.1) is 0 Å². The average molecular weight is 350 g/mol. The molecule has 0 bridgehead atoms. The molecule has 0 heterocycles. The van der Waals surface area contributed by atoms with Crippen molar-refractivity contribution >= 4 is 22.6 Å². The molecule has 5 heteroatoms. The minimum absolute atomic E-state index is 0.108. The number of hydrogen-bond acceptors (Lipinski definition) is 4. The molecule has 2 aliphatic carbocycles. The molecule has 1 fully saturated rings. The number of allylic oxidation sites excluding steroid dienone is 3. The molecule has 0 aromatic rings. The molecule has 0 N–H and O–H groups in total. The SMILES string of the molecule is C=C(C)[C@@H]1C[C@@]2(C)C(=CC1=O)CC[C@@H](OC(=O)/C=C\[S@@](C)=O)[C@@H]2C. The van der Waals surface area contributed by atoms with Crippen LogP contribution in [-0.4, -0.2) is 28.3 Å². The number of carbonyl (C=O) groups excluding carboxylic acids is 2. The van der Waals surface area contributed by atoms with Crippen LogP contribution in [0.25, 0.3) is 0 Å². The lowest BCUT2D eigenvalue weighted by Crippen LogP contribution is -2.46. The molecule has 2 rings (SSSR count). The van der Waals surface area contributed by atoms with Crippen LogP contribution in [0.3, 0.4) is 0 Å². The normalized spacial score (nSPS) is 34.4. The minimum Gasteiger partial charge on any atom is -0.459 e. The van der Waals surface area contributed by atoms with Crippen LogP contribution in [0.4, 0.5) is 0 Å². The van der Waals surface area contributed by atoms with Crippen molar-refractivity contribution in [1.29, 1.82) is 0 Å². The Kier molecular flexibility index (Phi) is 5.63. The first-order chi connectivity index (χ1) is 11.1. The topological polar surface area (TPSA) is 60.4 Å². The summed E-state index contributed by atoms with van der Waals surface area (Å²) in [5.41, 5.74) is 1.88. The number of carbonyl (C=O) groups is 2. The highest BCUT2D eigenvalue weighted by Gasteiger charge is 2.48. The summed E-state index contributed by atoms with van der Waals surface area (Å²) in [6, 6.07) is 0. The number of hydrogen-bond donors (Lipinski definition) is 0. The second kappa shape index (κ2) is 7.18. The maximum Gasteiger partial charge on any atom is 0.331 e. The molecule has 0 aromatic heterocycles. The third-order valence-corrected chi connectivity index (χ3v) is 6.06. The molecule has 0 radical (unpaired) electrons. The van der Waals surface area contributed by atoms with Crippen LogP contribution in [0.15, 0.2) is 35.3 Å². The van der Waals surface area contributed by atoms with Gasteiger partial charge in [-0.1, -0.05) is 31.6 Å². The Morgan fingerprint density at radius 2 is 2.17 bits per heavy atom. The van der Waals surface area contributed by atoms with Gasteiger partial charge < -0.3 is 4.74 Å². The summed E-state index contributed by atoms with van der Waals surface area (Å²) in [4.78, 5) is 24.2. The largest absolute Gasteiger partial charge is 0.459 e. The minimum atomic E-state index is -1.17. The maximum atomic E-state index is 12.3. The van der Waals surface area contributed by atoms with Crippen LogP contribution in [-0.2, 0) is 25.1 Å². The summed E-state index contributed by atoms with van der Waals surface area (Å²) >= 11 is 0. The fraction of sp³-hybridized carbons (Fsp3) is 0.579. The first kappa shape index (κ1) is 18.8. The van der Waals surface area contributed by atoms with Gasteiger partial charge in [0.25, 0.3) is 0 Å². The predicted octanol–water partition coefficient (Wildman–Crippen LogP) is 3.32. The monoisotopic (exact) mass is 350 g/mol. The van der Waals surface area contributed by atoms with Gasteiger partial charge in [0.1, 0.15) is 6.10 Å². The highest BCUT2D eigenvalue weighted by Crippen LogP contribution is 2.52. The molecule has 0 spiro atoms. The van der Waals surface area contributed by atoms with Crippen molar-refractivity contribution in [3.8, 4) is 0 Å². The highest BCUT2D eigenvalue weighted by atomic mass is 32.2. The van der Waals surface area contributed by atoms with Crippen LogP contribution < -0.4 is 0 Å². The second-order valence-electron chi connectivity index (χ2n) is 7.20. The van der Waals surface area contributed by atoms with Crippen LogP contribution in [0.5, 0.6) is 0 Å². The van der Waals surface area contributed by atoms with E-state index in [0.717, 1.165) is 24.0 Å². The molecule has 0 aromatic carbocycles. The molecule has 5 atom stereocenters. The van der Waals surface area contributed by atoms with Crippen molar-refractivity contribution in [2.24, 2.45) is 17.3 Å². The second-order valence-corrected chi connectivity index (χ2v) is 8.47. The van der Waals surface area contributed by atoms with Gasteiger partial charge in [-0.3, -0.25) is 9.00 Å². The first-order valence-corrected chi connectivity index (χ1v) is 9.88. The molecular formula is C19H26O4S. The quantitative estimate of drug-likeness (QED) is 0.443. The Morgan fingerprint density at radius 3 is 2.75 bits per heavy atom. The summed E-state index contributed by atoms with van der Waals surface area (Å²) < 4.78 is 16.6. The number of ketones is 1. The molecule has 0 aliphatic heterocycles. The summed E-state index contributed by atoms with van der Waals surface area (Å²) in [6.45, 7) is 10.1. The number of esters is 1. The first-order valence-electron chi connectivity index (χ1n) is 8.26. The molecule has 0 unspecified atom stereocenters. The molecule has 24 heavy (non-hydrogen) atoms. The van der Waals surface area contributed by atoms with Gasteiger partial charge in [0.05, 0.1) is 0 Å². The smallest absolute Gasteiger partial charge is 0.331 e. The van der Waals surface area contributed by atoms with Crippen LogP contribution in [0.2, 0.25) is 0 Å². The molecule has 2 aliphatic rings. The summed E-state index contributed by atoms with van der Waals surface area (Å²) in [6.07, 6.45) is 6.52. The van der Waals surface area contributed by atoms with Crippen LogP contribution in [0, 0.1) is 17.3 Å². The predicted molar refractivity (Wildman–Crippen MR) is 95.6 cm³/mol. The van der Waals surface area contributed by atoms with Crippen molar-refractivity contribution in [2.45, 2.75) is 46.1 Å². The van der Waals surface area contributed by atoms with Gasteiger partial charge in [-0.05, 0) is 37.7 Å². The average Bonchev–Trinajstić information content (AvgIpc) is 2.49. The number of ether oxygens (including phenoxy) is 1. The van der Waals surface area contributed by atoms with Gasteiger partial charge in [-0.2, -0.15) is 0 Å². The number of fused-ring (bicyclic) bond motifs is 1. The van der Waals surface area contributed by atoms with Gasteiger partial charge in [0.2, 0.25) is 0 Å².